The summed E-state index contributed by atoms with van der Waals surface area (Å²) in [7, 11) is 0. The van der Waals surface area contributed by atoms with Crippen LogP contribution in [0.1, 0.15) is 190 Å². The van der Waals surface area contributed by atoms with Crippen molar-refractivity contribution in [3.63, 3.8) is 0 Å². The molecule has 0 aliphatic carbocycles. The zero-order valence-electron chi connectivity index (χ0n) is 75.0. The van der Waals surface area contributed by atoms with Gasteiger partial charge in [0, 0.05) is 212 Å². The van der Waals surface area contributed by atoms with Crippen molar-refractivity contribution in [2.75, 3.05) is 157 Å². The molecule has 0 atom stereocenters. The Bertz CT molecular complexity index is 4520. The summed E-state index contributed by atoms with van der Waals surface area (Å²) in [5, 5.41) is 85.3. The molecule has 9 aromatic rings. The molecule has 9 fully saturated rings. The van der Waals surface area contributed by atoms with Crippen LogP contribution in [-0.4, -0.2) is 336 Å². The minimum Gasteiger partial charge on any atom is -0.507 e. The van der Waals surface area contributed by atoms with E-state index in [-0.39, 0.29) is 156 Å². The smallest absolute Gasteiger partial charge is 0.257 e. The molecule has 0 unspecified atom stereocenters. The first-order chi connectivity index (χ1) is 64.1. The molecule has 0 saturated carbocycles. The molecule has 0 bridgehead atoms. The number of ether oxygens (including phenoxy) is 3. The predicted molar refractivity (Wildman–Crippen MR) is 482 cm³/mol. The van der Waals surface area contributed by atoms with Crippen LogP contribution in [0, 0.1) is 0 Å². The Morgan fingerprint density at radius 3 is 0.467 bits per heavy atom. The van der Waals surface area contributed by atoms with Gasteiger partial charge in [0.05, 0.1) is 133 Å². The second-order valence-electron chi connectivity index (χ2n) is 31.6. The van der Waals surface area contributed by atoms with Crippen LogP contribution in [0.2, 0.25) is 0 Å². The molecule has 9 saturated heterocycles. The van der Waals surface area contributed by atoms with Crippen molar-refractivity contribution in [3.8, 4) is 51.7 Å². The Balaban J connectivity index is 0.000000207. The number of nitrogens with zero attached hydrogens (tertiary/aromatic N) is 16. The summed E-state index contributed by atoms with van der Waals surface area (Å²) in [5.74, 6) is -1.19. The average molecular weight is 1990 g/mol. The van der Waals surface area contributed by atoms with Gasteiger partial charge in [-0.15, -0.1) is 0 Å². The Morgan fingerprint density at radius 1 is 0.185 bits per heavy atom. The molecular weight excluding hydrogens is 1870 g/mol. The Hall–Kier alpha value is -12.6. The van der Waals surface area contributed by atoms with Gasteiger partial charge in [-0.25, -0.2) is 0 Å². The number of aromatic nitrogens is 7. The molecule has 16 heterocycles. The number of benzene rings is 2. The van der Waals surface area contributed by atoms with Crippen molar-refractivity contribution >= 4 is 53.2 Å². The minimum absolute atomic E-state index is 0. The van der Waals surface area contributed by atoms with Gasteiger partial charge in [-0.2, -0.15) is 0 Å². The number of carbonyl (C=O) groups excluding carboxylic acids is 9. The first-order valence-corrected chi connectivity index (χ1v) is 44.4. The van der Waals surface area contributed by atoms with Crippen LogP contribution in [0.15, 0.2) is 178 Å². The Kier molecular flexibility index (Phi) is 47.4. The van der Waals surface area contributed by atoms with Crippen LogP contribution < -0.4 is 0 Å². The zero-order chi connectivity index (χ0) is 93.9. The fraction of sp³-hybridized carbons (Fsp3) is 0.411. The summed E-state index contributed by atoms with van der Waals surface area (Å²) in [4.78, 5) is 149. The normalized spacial score (nSPS) is 15.9. The molecule has 18 rings (SSSR count). The third kappa shape index (κ3) is 33.4. The van der Waals surface area contributed by atoms with Gasteiger partial charge < -0.3 is 104 Å². The van der Waals surface area contributed by atoms with Crippen LogP contribution in [0.25, 0.3) is 0 Å². The number of amides is 9. The third-order valence-corrected chi connectivity index (χ3v) is 22.5. The molecule has 9 aliphatic rings. The van der Waals surface area contributed by atoms with Gasteiger partial charge in [0.15, 0.2) is 0 Å². The number of likely N-dealkylation sites (tertiary alicyclic amines) is 6. The fourth-order valence-corrected chi connectivity index (χ4v) is 15.2. The number of phenolic OH excluding ortho intramolecular Hbond substituents is 2. The number of aromatic hydroxyl groups is 9. The van der Waals surface area contributed by atoms with Gasteiger partial charge in [-0.1, -0.05) is 24.3 Å². The van der Waals surface area contributed by atoms with E-state index in [1.54, 1.807) is 117 Å². The van der Waals surface area contributed by atoms with E-state index in [1.807, 2.05) is 0 Å². The summed E-state index contributed by atoms with van der Waals surface area (Å²) in [6, 6.07) is 24.1. The zero-order valence-corrected chi connectivity index (χ0v) is 78.3. The SMILES string of the molecule is O=C(c1ccccc1O)N1CCCC1.O=C(c1ccccc1O)N1CCOCC1.O=C(c1ccncc1O)N1CCCC1.O=C(c1ccncc1O)N1CCCC1.O=C(c1ccncc1O)N1CCCCC1.O=C(c1ccncc1O)N1CCCCC1.O=C(c1ccncc1O)N1CCCCC1.O=C(c1ccncc1O)N1CCOCC1.O=C(c1ccncc1O)N1CCOCC1.[Fe].[Fe].[Fe]. The third-order valence-electron chi connectivity index (χ3n) is 22.5. The van der Waals surface area contributed by atoms with Crippen molar-refractivity contribution < 1.29 is 155 Å². The van der Waals surface area contributed by atoms with Crippen LogP contribution in [-0.2, 0) is 65.4 Å². The van der Waals surface area contributed by atoms with Crippen molar-refractivity contribution in [2.24, 2.45) is 0 Å². The molecule has 40 heteroatoms. The van der Waals surface area contributed by atoms with E-state index in [0.717, 1.165) is 156 Å². The standard InChI is InChI=1S/3C11H14N2O2.C11H13NO3.C11H13NO2.2C10H12N2O3.2C10H12N2O2.3Fe/c3*14-10-8-12-5-4-9(10)11(15)13-6-2-1-3-7-13;13-10-4-2-1-3-9(10)11(14)12-5-7-15-8-6-12;13-10-6-2-1-5-9(10)11(14)12-7-3-4-8-12;2*13-9-7-11-2-1-8(9)10(14)12-3-5-15-6-4-12;2*13-9-7-11-4-3-8(9)10(14)12-5-1-2-6-12;;;/h3*4-5,8,14H,1-3,6-7H2;1-4,13H,5-8H2;1-2,5-6,13H,3-4,7-8H2;2*1-2,7,13H,3-6H2;2*3-4,7,13H,1-2,5-6H2;;;. The molecule has 0 spiro atoms. The minimum atomic E-state index is -0.168. The fourth-order valence-electron chi connectivity index (χ4n) is 15.2. The van der Waals surface area contributed by atoms with Crippen LogP contribution in [0.5, 0.6) is 51.7 Å². The van der Waals surface area contributed by atoms with E-state index in [9.17, 15) is 89.1 Å². The summed E-state index contributed by atoms with van der Waals surface area (Å²) in [6.07, 6.45) is 35.9. The number of para-hydroxylation sites is 2. The number of hydrogen-bond acceptors (Lipinski definition) is 28. The van der Waals surface area contributed by atoms with E-state index in [2.05, 4.69) is 34.9 Å². The van der Waals surface area contributed by atoms with E-state index < -0.39 is 0 Å². The molecule has 726 valence electrons. The largest absolute Gasteiger partial charge is 0.507 e. The molecule has 9 N–H and O–H groups in total. The van der Waals surface area contributed by atoms with Crippen LogP contribution in [0.4, 0.5) is 0 Å². The molecule has 135 heavy (non-hydrogen) atoms. The molecule has 2 aromatic carbocycles. The number of rotatable bonds is 9. The summed E-state index contributed by atoms with van der Waals surface area (Å²) in [5.41, 5.74) is 3.13. The Labute approximate surface area is 815 Å². The molecule has 37 nitrogen and oxygen atoms in total. The van der Waals surface area contributed by atoms with E-state index >= 15 is 0 Å². The average Bonchev–Trinajstić information content (AvgIpc) is 1.47. The number of phenols is 2. The molecular formula is C95H116Fe3N16O21. The van der Waals surface area contributed by atoms with Crippen LogP contribution in [0.3, 0.4) is 0 Å². The first kappa shape index (κ1) is 109. The van der Waals surface area contributed by atoms with E-state index in [4.69, 9.17) is 14.2 Å². The number of piperidine rings is 3. The second-order valence-corrected chi connectivity index (χ2v) is 31.6. The second kappa shape index (κ2) is 58.5. The van der Waals surface area contributed by atoms with E-state index in [1.165, 1.54) is 124 Å². The van der Waals surface area contributed by atoms with Gasteiger partial charge in [-0.05, 0) is 163 Å². The summed E-state index contributed by atoms with van der Waals surface area (Å²) in [6.45, 7) is 16.4. The van der Waals surface area contributed by atoms with Gasteiger partial charge in [0.2, 0.25) is 0 Å². The number of pyridine rings is 7. The first-order valence-electron chi connectivity index (χ1n) is 44.4. The molecule has 7 aromatic heterocycles. The maximum absolute atomic E-state index is 12.0. The summed E-state index contributed by atoms with van der Waals surface area (Å²) >= 11 is 0. The maximum Gasteiger partial charge on any atom is 0.257 e. The van der Waals surface area contributed by atoms with E-state index in [0.29, 0.717) is 129 Å². The van der Waals surface area contributed by atoms with Crippen molar-refractivity contribution in [1.29, 1.82) is 0 Å². The topological polar surface area (TPSA) is 483 Å². The quantitative estimate of drug-likeness (QED) is 0.0607. The Morgan fingerprint density at radius 2 is 0.319 bits per heavy atom. The van der Waals surface area contributed by atoms with Crippen LogP contribution >= 0.6 is 0 Å². The number of carbonyl (C=O) groups is 9. The van der Waals surface area contributed by atoms with Gasteiger partial charge in [-0.3, -0.25) is 78.0 Å². The van der Waals surface area contributed by atoms with Gasteiger partial charge in [0.1, 0.15) is 51.7 Å². The molecule has 9 amide bonds. The summed E-state index contributed by atoms with van der Waals surface area (Å²) < 4.78 is 15.5. The molecule has 0 radical (unpaired) electrons. The predicted octanol–water partition coefficient (Wildman–Crippen LogP) is 9.29. The molecule has 9 aliphatic heterocycles. The van der Waals surface area contributed by atoms with Crippen molar-refractivity contribution in [1.82, 2.24) is 79.0 Å². The van der Waals surface area contributed by atoms with Gasteiger partial charge >= 0.3 is 0 Å². The number of hydrogen-bond donors (Lipinski definition) is 9. The van der Waals surface area contributed by atoms with Crippen molar-refractivity contribution in [2.45, 2.75) is 96.3 Å². The maximum atomic E-state index is 12.0. The van der Waals surface area contributed by atoms with Gasteiger partial charge in [0.25, 0.3) is 53.2 Å². The number of morpholine rings is 3. The monoisotopic (exact) mass is 1980 g/mol. The van der Waals surface area contributed by atoms with Crippen molar-refractivity contribution in [3.05, 3.63) is 228 Å².